The Hall–Kier alpha value is -2.33. The Morgan fingerprint density at radius 3 is 2.35 bits per heavy atom. The minimum absolute atomic E-state index is 0.480. The molecule has 0 saturated carbocycles. The quantitative estimate of drug-likeness (QED) is 0.780. The second kappa shape index (κ2) is 9.39. The number of nitrogens with zero attached hydrogens (tertiary/aromatic N) is 1. The minimum Gasteiger partial charge on any atom is -0.492 e. The first-order valence-electron chi connectivity index (χ1n) is 9.44. The molecule has 1 atom stereocenters. The van der Waals surface area contributed by atoms with Crippen molar-refractivity contribution in [2.45, 2.75) is 31.6 Å². The van der Waals surface area contributed by atoms with Crippen LogP contribution in [-0.4, -0.2) is 42.2 Å². The lowest BCUT2D eigenvalue weighted by atomic mass is 9.92. The number of aliphatic carboxylic acids is 1. The third-order valence-electron chi connectivity index (χ3n) is 4.99. The van der Waals surface area contributed by atoms with E-state index >= 15 is 0 Å². The van der Waals surface area contributed by atoms with Crippen LogP contribution in [0.3, 0.4) is 0 Å². The number of ether oxygens (including phenoxy) is 1. The first-order chi connectivity index (χ1) is 12.7. The summed E-state index contributed by atoms with van der Waals surface area (Å²) in [5.74, 6) is -0.475. The Labute approximate surface area is 155 Å². The van der Waals surface area contributed by atoms with Crippen molar-refractivity contribution in [1.82, 2.24) is 4.90 Å². The molecule has 1 heterocycles. The number of carboxylic acids is 1. The Kier molecular flexibility index (Phi) is 6.67. The highest BCUT2D eigenvalue weighted by atomic mass is 16.5. The van der Waals surface area contributed by atoms with Crippen LogP contribution >= 0.6 is 0 Å². The standard InChI is InChI=1S/C22H27NO3/c24-22(25)21(19-7-3-1-4-8-19)17-18-9-11-20(12-10-18)26-16-15-23-13-5-2-6-14-23/h1,3-4,7-12,21H,2,5-6,13-17H2,(H,24,25). The van der Waals surface area contributed by atoms with E-state index in [1.165, 1.54) is 32.4 Å². The van der Waals surface area contributed by atoms with Crippen molar-refractivity contribution >= 4 is 5.97 Å². The first-order valence-corrected chi connectivity index (χ1v) is 9.44. The van der Waals surface area contributed by atoms with Crippen molar-refractivity contribution in [3.63, 3.8) is 0 Å². The summed E-state index contributed by atoms with van der Waals surface area (Å²) in [6.45, 7) is 4.02. The summed E-state index contributed by atoms with van der Waals surface area (Å²) in [7, 11) is 0. The summed E-state index contributed by atoms with van der Waals surface area (Å²) in [5.41, 5.74) is 1.84. The van der Waals surface area contributed by atoms with Gasteiger partial charge in [0.15, 0.2) is 0 Å². The lowest BCUT2D eigenvalue weighted by Crippen LogP contribution is -2.33. The van der Waals surface area contributed by atoms with Crippen LogP contribution in [0.2, 0.25) is 0 Å². The summed E-state index contributed by atoms with van der Waals surface area (Å²) in [5, 5.41) is 9.55. The molecule has 1 fully saturated rings. The zero-order valence-corrected chi connectivity index (χ0v) is 15.1. The van der Waals surface area contributed by atoms with Gasteiger partial charge in [-0.1, -0.05) is 48.9 Å². The molecule has 3 rings (SSSR count). The molecule has 2 aromatic carbocycles. The number of carbonyl (C=O) groups is 1. The zero-order chi connectivity index (χ0) is 18.2. The Morgan fingerprint density at radius 1 is 1.00 bits per heavy atom. The van der Waals surface area contributed by atoms with Gasteiger partial charge in [-0.25, -0.2) is 0 Å². The molecule has 138 valence electrons. The highest BCUT2D eigenvalue weighted by Gasteiger charge is 2.20. The average molecular weight is 353 g/mol. The van der Waals surface area contributed by atoms with Gasteiger partial charge >= 0.3 is 5.97 Å². The van der Waals surface area contributed by atoms with E-state index in [1.807, 2.05) is 54.6 Å². The van der Waals surface area contributed by atoms with Crippen molar-refractivity contribution in [2.24, 2.45) is 0 Å². The maximum atomic E-state index is 11.6. The van der Waals surface area contributed by atoms with Crippen LogP contribution in [0.15, 0.2) is 54.6 Å². The Morgan fingerprint density at radius 2 is 1.69 bits per heavy atom. The molecule has 1 aliphatic rings. The van der Waals surface area contributed by atoms with Crippen molar-refractivity contribution in [3.05, 3.63) is 65.7 Å². The number of carboxylic acid groups (broad SMARTS) is 1. The number of piperidine rings is 1. The van der Waals surface area contributed by atoms with Gasteiger partial charge in [-0.15, -0.1) is 0 Å². The largest absolute Gasteiger partial charge is 0.492 e. The molecule has 0 bridgehead atoms. The van der Waals surface area contributed by atoms with E-state index in [0.29, 0.717) is 13.0 Å². The van der Waals surface area contributed by atoms with Crippen LogP contribution in [0.25, 0.3) is 0 Å². The van der Waals surface area contributed by atoms with E-state index < -0.39 is 11.9 Å². The second-order valence-electron chi connectivity index (χ2n) is 6.90. The summed E-state index contributed by atoms with van der Waals surface area (Å²) < 4.78 is 5.84. The fourth-order valence-corrected chi connectivity index (χ4v) is 3.47. The van der Waals surface area contributed by atoms with Crippen LogP contribution in [0.1, 0.15) is 36.3 Å². The summed E-state index contributed by atoms with van der Waals surface area (Å²) in [6.07, 6.45) is 4.41. The van der Waals surface area contributed by atoms with Crippen molar-refractivity contribution in [2.75, 3.05) is 26.2 Å². The number of likely N-dealkylation sites (tertiary alicyclic amines) is 1. The molecule has 26 heavy (non-hydrogen) atoms. The molecule has 0 aromatic heterocycles. The fourth-order valence-electron chi connectivity index (χ4n) is 3.47. The number of rotatable bonds is 8. The Bertz CT molecular complexity index is 678. The monoisotopic (exact) mass is 353 g/mol. The van der Waals surface area contributed by atoms with Crippen molar-refractivity contribution in [3.8, 4) is 5.75 Å². The van der Waals surface area contributed by atoms with E-state index in [1.54, 1.807) is 0 Å². The predicted octanol–water partition coefficient (Wildman–Crippen LogP) is 3.96. The molecule has 1 N–H and O–H groups in total. The molecule has 0 amide bonds. The van der Waals surface area contributed by atoms with E-state index in [2.05, 4.69) is 4.90 Å². The average Bonchev–Trinajstić information content (AvgIpc) is 2.68. The molecule has 4 nitrogen and oxygen atoms in total. The van der Waals surface area contributed by atoms with E-state index in [4.69, 9.17) is 4.74 Å². The fraction of sp³-hybridized carbons (Fsp3) is 0.409. The summed E-state index contributed by atoms with van der Waals surface area (Å²) in [6, 6.07) is 17.2. The normalized spacial score (nSPS) is 16.2. The number of hydrogen-bond donors (Lipinski definition) is 1. The lowest BCUT2D eigenvalue weighted by Gasteiger charge is -2.26. The van der Waals surface area contributed by atoms with Gasteiger partial charge in [-0.05, 0) is 55.6 Å². The topological polar surface area (TPSA) is 49.8 Å². The molecule has 2 aromatic rings. The van der Waals surface area contributed by atoms with Gasteiger partial charge in [0, 0.05) is 6.54 Å². The maximum absolute atomic E-state index is 11.6. The van der Waals surface area contributed by atoms with Crippen LogP contribution in [0.5, 0.6) is 5.75 Å². The molecule has 0 radical (unpaired) electrons. The Balaban J connectivity index is 1.52. The van der Waals surface area contributed by atoms with Crippen LogP contribution in [0, 0.1) is 0 Å². The molecular weight excluding hydrogens is 326 g/mol. The second-order valence-corrected chi connectivity index (χ2v) is 6.90. The van der Waals surface area contributed by atoms with Gasteiger partial charge in [0.1, 0.15) is 12.4 Å². The summed E-state index contributed by atoms with van der Waals surface area (Å²) >= 11 is 0. The predicted molar refractivity (Wildman–Crippen MR) is 103 cm³/mol. The molecule has 1 saturated heterocycles. The van der Waals surface area contributed by atoms with Gasteiger partial charge in [-0.3, -0.25) is 9.69 Å². The SMILES string of the molecule is O=C(O)C(Cc1ccc(OCCN2CCCCC2)cc1)c1ccccc1. The zero-order valence-electron chi connectivity index (χ0n) is 15.1. The third kappa shape index (κ3) is 5.33. The number of benzene rings is 2. The molecular formula is C22H27NO3. The molecule has 0 spiro atoms. The van der Waals surface area contributed by atoms with Gasteiger partial charge < -0.3 is 9.84 Å². The van der Waals surface area contributed by atoms with E-state index in [9.17, 15) is 9.90 Å². The minimum atomic E-state index is -0.793. The third-order valence-corrected chi connectivity index (χ3v) is 4.99. The van der Waals surface area contributed by atoms with Crippen LogP contribution in [0.4, 0.5) is 0 Å². The number of hydrogen-bond acceptors (Lipinski definition) is 3. The van der Waals surface area contributed by atoms with Crippen molar-refractivity contribution in [1.29, 1.82) is 0 Å². The lowest BCUT2D eigenvalue weighted by molar-refractivity contribution is -0.138. The van der Waals surface area contributed by atoms with Gasteiger partial charge in [-0.2, -0.15) is 0 Å². The highest BCUT2D eigenvalue weighted by molar-refractivity contribution is 5.76. The first kappa shape index (κ1) is 18.5. The summed E-state index contributed by atoms with van der Waals surface area (Å²) in [4.78, 5) is 14.1. The molecule has 0 aliphatic carbocycles. The molecule has 1 aliphatic heterocycles. The van der Waals surface area contributed by atoms with E-state index in [0.717, 1.165) is 23.4 Å². The maximum Gasteiger partial charge on any atom is 0.311 e. The molecule has 4 heteroatoms. The molecule has 1 unspecified atom stereocenters. The van der Waals surface area contributed by atoms with Gasteiger partial charge in [0.25, 0.3) is 0 Å². The van der Waals surface area contributed by atoms with Crippen LogP contribution < -0.4 is 4.74 Å². The highest BCUT2D eigenvalue weighted by Crippen LogP contribution is 2.23. The van der Waals surface area contributed by atoms with Gasteiger partial charge in [0.2, 0.25) is 0 Å². The van der Waals surface area contributed by atoms with Crippen molar-refractivity contribution < 1.29 is 14.6 Å². The van der Waals surface area contributed by atoms with E-state index in [-0.39, 0.29) is 0 Å². The smallest absolute Gasteiger partial charge is 0.311 e. The van der Waals surface area contributed by atoms with Crippen LogP contribution in [-0.2, 0) is 11.2 Å². The van der Waals surface area contributed by atoms with Gasteiger partial charge in [0.05, 0.1) is 5.92 Å².